The zero-order valence-electron chi connectivity index (χ0n) is 18.1. The van der Waals surface area contributed by atoms with E-state index in [9.17, 15) is 14.4 Å². The Morgan fingerprint density at radius 1 is 0.969 bits per heavy atom. The first-order valence-corrected chi connectivity index (χ1v) is 10.3. The van der Waals surface area contributed by atoms with E-state index in [2.05, 4.69) is 10.6 Å². The lowest BCUT2D eigenvalue weighted by atomic mass is 9.98. The van der Waals surface area contributed by atoms with Crippen LogP contribution in [0.5, 0.6) is 11.5 Å². The van der Waals surface area contributed by atoms with Crippen molar-refractivity contribution in [3.8, 4) is 11.5 Å². The average molecular weight is 441 g/mol. The second-order valence-electron chi connectivity index (χ2n) is 7.34. The Hall–Kier alpha value is -3.75. The molecule has 1 heterocycles. The maximum atomic E-state index is 12.5. The second kappa shape index (κ2) is 11.0. The average Bonchev–Trinajstić information content (AvgIpc) is 2.82. The molecule has 0 bridgehead atoms. The minimum absolute atomic E-state index is 0.242. The molecule has 0 radical (unpaired) electrons. The Kier molecular flexibility index (Phi) is 7.91. The Labute approximate surface area is 186 Å². The number of rotatable bonds is 7. The number of nitrogens with zero attached hydrogens (tertiary/aromatic N) is 1. The number of methoxy groups -OCH3 is 2. The minimum Gasteiger partial charge on any atom is -0.497 e. The van der Waals surface area contributed by atoms with Gasteiger partial charge in [-0.3, -0.25) is 9.59 Å². The first-order chi connectivity index (χ1) is 15.5. The van der Waals surface area contributed by atoms with Gasteiger partial charge in [0.15, 0.2) is 6.61 Å². The molecule has 0 spiro atoms. The Morgan fingerprint density at radius 2 is 1.66 bits per heavy atom. The Bertz CT molecular complexity index is 928. The number of anilines is 2. The maximum Gasteiger partial charge on any atom is 0.321 e. The first kappa shape index (κ1) is 22.9. The van der Waals surface area contributed by atoms with Crippen molar-refractivity contribution in [2.75, 3.05) is 44.5 Å². The van der Waals surface area contributed by atoms with Gasteiger partial charge in [-0.1, -0.05) is 18.2 Å². The number of nitrogens with one attached hydrogen (secondary N) is 2. The number of benzene rings is 2. The molecule has 9 nitrogen and oxygen atoms in total. The van der Waals surface area contributed by atoms with Gasteiger partial charge < -0.3 is 29.7 Å². The first-order valence-electron chi connectivity index (χ1n) is 10.3. The molecule has 1 aliphatic rings. The maximum absolute atomic E-state index is 12.5. The van der Waals surface area contributed by atoms with Gasteiger partial charge in [-0.25, -0.2) is 4.79 Å². The van der Waals surface area contributed by atoms with Crippen molar-refractivity contribution in [1.82, 2.24) is 4.90 Å². The molecular formula is C23H27N3O6. The van der Waals surface area contributed by atoms with E-state index < -0.39 is 24.4 Å². The highest BCUT2D eigenvalue weighted by molar-refractivity contribution is 5.93. The Morgan fingerprint density at radius 3 is 2.31 bits per heavy atom. The van der Waals surface area contributed by atoms with Crippen molar-refractivity contribution in [2.45, 2.75) is 12.8 Å². The van der Waals surface area contributed by atoms with Gasteiger partial charge >= 0.3 is 12.0 Å². The fourth-order valence-corrected chi connectivity index (χ4v) is 3.41. The van der Waals surface area contributed by atoms with Crippen LogP contribution in [0.25, 0.3) is 0 Å². The summed E-state index contributed by atoms with van der Waals surface area (Å²) in [6.07, 6.45) is 1.28. The van der Waals surface area contributed by atoms with E-state index in [4.69, 9.17) is 14.2 Å². The van der Waals surface area contributed by atoms with Gasteiger partial charge in [0.25, 0.3) is 5.91 Å². The predicted octanol–water partition coefficient (Wildman–Crippen LogP) is 3.13. The van der Waals surface area contributed by atoms with Crippen molar-refractivity contribution < 1.29 is 28.6 Å². The number of likely N-dealkylation sites (tertiary alicyclic amines) is 1. The molecular weight excluding hydrogens is 414 g/mol. The van der Waals surface area contributed by atoms with Crippen LogP contribution in [0, 0.1) is 5.92 Å². The third kappa shape index (κ3) is 6.37. The van der Waals surface area contributed by atoms with E-state index in [-0.39, 0.29) is 12.6 Å². The van der Waals surface area contributed by atoms with Gasteiger partial charge in [0.2, 0.25) is 0 Å². The van der Waals surface area contributed by atoms with Crippen LogP contribution in [0.1, 0.15) is 12.8 Å². The number of hydrogen-bond donors (Lipinski definition) is 2. The number of piperidine rings is 1. The van der Waals surface area contributed by atoms with E-state index in [0.29, 0.717) is 42.3 Å². The molecule has 1 fully saturated rings. The second-order valence-corrected chi connectivity index (χ2v) is 7.34. The van der Waals surface area contributed by atoms with Crippen LogP contribution in [0.15, 0.2) is 48.5 Å². The molecule has 0 aliphatic carbocycles. The van der Waals surface area contributed by atoms with Gasteiger partial charge in [-0.15, -0.1) is 0 Å². The summed E-state index contributed by atoms with van der Waals surface area (Å²) >= 11 is 0. The highest BCUT2D eigenvalue weighted by Gasteiger charge is 2.30. The molecule has 1 aliphatic heterocycles. The number of amides is 3. The number of carbonyl (C=O) groups excluding carboxylic acids is 3. The van der Waals surface area contributed by atoms with Crippen LogP contribution in [0.3, 0.4) is 0 Å². The molecule has 1 atom stereocenters. The van der Waals surface area contributed by atoms with Gasteiger partial charge in [-0.2, -0.15) is 0 Å². The fraction of sp³-hybridized carbons (Fsp3) is 0.348. The number of esters is 1. The van der Waals surface area contributed by atoms with Gasteiger partial charge in [0.05, 0.1) is 20.1 Å². The smallest absolute Gasteiger partial charge is 0.321 e. The molecule has 2 aromatic carbocycles. The minimum atomic E-state index is -0.499. The standard InChI is InChI=1S/C23H27N3O6/c1-30-19-11-18(12-20(13-19)31-2)24-21(27)15-32-22(28)16-7-6-10-26(14-16)23(29)25-17-8-4-3-5-9-17/h3-5,8-9,11-13,16H,6-7,10,14-15H2,1-2H3,(H,24,27)(H,25,29). The fourth-order valence-electron chi connectivity index (χ4n) is 3.41. The van der Waals surface area contributed by atoms with Crippen LogP contribution in [-0.2, 0) is 14.3 Å². The van der Waals surface area contributed by atoms with Crippen molar-refractivity contribution >= 4 is 29.3 Å². The molecule has 1 unspecified atom stereocenters. The summed E-state index contributed by atoms with van der Waals surface area (Å²) in [4.78, 5) is 38.8. The van der Waals surface area contributed by atoms with Crippen LogP contribution < -0.4 is 20.1 Å². The molecule has 0 aromatic heterocycles. The summed E-state index contributed by atoms with van der Waals surface area (Å²) in [6.45, 7) is 0.373. The lowest BCUT2D eigenvalue weighted by molar-refractivity contribution is -0.152. The summed E-state index contributed by atoms with van der Waals surface area (Å²) in [5.74, 6) is -0.417. The lowest BCUT2D eigenvalue weighted by Crippen LogP contribution is -2.45. The van der Waals surface area contributed by atoms with E-state index in [1.165, 1.54) is 14.2 Å². The quantitative estimate of drug-likeness (QED) is 0.640. The number of carbonyl (C=O) groups is 3. The van der Waals surface area contributed by atoms with Crippen molar-refractivity contribution in [2.24, 2.45) is 5.92 Å². The molecule has 2 aromatic rings. The zero-order valence-corrected chi connectivity index (χ0v) is 18.1. The summed E-state index contributed by atoms with van der Waals surface area (Å²) < 4.78 is 15.5. The monoisotopic (exact) mass is 441 g/mol. The summed E-state index contributed by atoms with van der Waals surface area (Å²) in [5.41, 5.74) is 1.15. The highest BCUT2D eigenvalue weighted by Crippen LogP contribution is 2.26. The molecule has 32 heavy (non-hydrogen) atoms. The van der Waals surface area contributed by atoms with Crippen molar-refractivity contribution in [1.29, 1.82) is 0 Å². The van der Waals surface area contributed by atoms with E-state index in [1.54, 1.807) is 35.2 Å². The van der Waals surface area contributed by atoms with Crippen LogP contribution in [0.2, 0.25) is 0 Å². The number of para-hydroxylation sites is 1. The summed E-state index contributed by atoms with van der Waals surface area (Å²) in [5, 5.41) is 5.47. The SMILES string of the molecule is COc1cc(NC(=O)COC(=O)C2CCCN(C(=O)Nc3ccccc3)C2)cc(OC)c1. The highest BCUT2D eigenvalue weighted by atomic mass is 16.5. The van der Waals surface area contributed by atoms with Crippen LogP contribution in [0.4, 0.5) is 16.2 Å². The zero-order chi connectivity index (χ0) is 22.9. The normalized spacial score (nSPS) is 15.4. The van der Waals surface area contributed by atoms with E-state index in [1.807, 2.05) is 18.2 Å². The molecule has 3 amide bonds. The van der Waals surface area contributed by atoms with Gasteiger partial charge in [0.1, 0.15) is 11.5 Å². The third-order valence-electron chi connectivity index (χ3n) is 5.05. The van der Waals surface area contributed by atoms with Crippen LogP contribution >= 0.6 is 0 Å². The number of urea groups is 1. The predicted molar refractivity (Wildman–Crippen MR) is 119 cm³/mol. The van der Waals surface area contributed by atoms with E-state index in [0.717, 1.165) is 0 Å². The molecule has 3 rings (SSSR count). The summed E-state index contributed by atoms with van der Waals surface area (Å²) in [6, 6.07) is 13.8. The molecule has 0 saturated carbocycles. The molecule has 2 N–H and O–H groups in total. The molecule has 1 saturated heterocycles. The molecule has 170 valence electrons. The van der Waals surface area contributed by atoms with Gasteiger partial charge in [-0.05, 0) is 25.0 Å². The number of hydrogen-bond acceptors (Lipinski definition) is 6. The largest absolute Gasteiger partial charge is 0.497 e. The molecule has 9 heteroatoms. The van der Waals surface area contributed by atoms with E-state index >= 15 is 0 Å². The summed E-state index contributed by atoms with van der Waals surface area (Å²) in [7, 11) is 3.02. The van der Waals surface area contributed by atoms with Gasteiger partial charge in [0, 0.05) is 42.7 Å². The topological polar surface area (TPSA) is 106 Å². The lowest BCUT2D eigenvalue weighted by Gasteiger charge is -2.31. The van der Waals surface area contributed by atoms with Crippen LogP contribution in [-0.4, -0.2) is 56.7 Å². The van der Waals surface area contributed by atoms with Crippen molar-refractivity contribution in [3.05, 3.63) is 48.5 Å². The number of ether oxygens (including phenoxy) is 3. The Balaban J connectivity index is 1.49. The van der Waals surface area contributed by atoms with Crippen molar-refractivity contribution in [3.63, 3.8) is 0 Å². The third-order valence-corrected chi connectivity index (χ3v) is 5.05.